The van der Waals surface area contributed by atoms with Crippen molar-refractivity contribution in [2.75, 3.05) is 19.6 Å². The van der Waals surface area contributed by atoms with Gasteiger partial charge in [-0.25, -0.2) is 14.4 Å². The summed E-state index contributed by atoms with van der Waals surface area (Å²) in [5.74, 6) is -0.637. The molecule has 0 saturated carbocycles. The number of nitrogens with zero attached hydrogens (tertiary/aromatic N) is 4. The predicted octanol–water partition coefficient (Wildman–Crippen LogP) is 3.16. The summed E-state index contributed by atoms with van der Waals surface area (Å²) in [6.07, 6.45) is -3.48. The highest BCUT2D eigenvalue weighted by Gasteiger charge is 2.39. The summed E-state index contributed by atoms with van der Waals surface area (Å²) in [7, 11) is 0. The molecule has 35 heavy (non-hydrogen) atoms. The van der Waals surface area contributed by atoms with Gasteiger partial charge in [0.05, 0.1) is 12.2 Å². The van der Waals surface area contributed by atoms with E-state index in [0.717, 1.165) is 18.6 Å². The number of halogens is 4. The number of carbonyl (C=O) groups excluding carboxylic acids is 2. The van der Waals surface area contributed by atoms with Gasteiger partial charge in [-0.2, -0.15) is 13.2 Å². The molecule has 2 aromatic rings. The minimum atomic E-state index is -4.70. The fourth-order valence-electron chi connectivity index (χ4n) is 4.58. The Hall–Kier alpha value is -3.08. The molecule has 2 aliphatic heterocycles. The Morgan fingerprint density at radius 2 is 1.91 bits per heavy atom. The maximum Gasteiger partial charge on any atom is 0.433 e. The first-order valence-corrected chi connectivity index (χ1v) is 11.5. The van der Waals surface area contributed by atoms with Crippen LogP contribution in [0.1, 0.15) is 43.1 Å². The number of hydrogen-bond donors (Lipinski definition) is 1. The molecular formula is C24H27F4N5O2. The van der Waals surface area contributed by atoms with Crippen molar-refractivity contribution in [2.45, 2.75) is 51.4 Å². The van der Waals surface area contributed by atoms with Crippen molar-refractivity contribution in [1.82, 2.24) is 19.8 Å². The van der Waals surface area contributed by atoms with Crippen molar-refractivity contribution in [3.05, 3.63) is 47.0 Å². The first kappa shape index (κ1) is 25.0. The highest BCUT2D eigenvalue weighted by atomic mass is 19.4. The average Bonchev–Trinajstić information content (AvgIpc) is 2.80. The molecule has 7 nitrogen and oxygen atoms in total. The van der Waals surface area contributed by atoms with Crippen LogP contribution in [-0.4, -0.2) is 57.3 Å². The van der Waals surface area contributed by atoms with Crippen molar-refractivity contribution in [3.63, 3.8) is 0 Å². The molecule has 2 atom stereocenters. The highest BCUT2D eigenvalue weighted by Crippen LogP contribution is 2.35. The van der Waals surface area contributed by atoms with Gasteiger partial charge >= 0.3 is 6.18 Å². The van der Waals surface area contributed by atoms with Gasteiger partial charge in [0.1, 0.15) is 5.82 Å². The number of rotatable bonds is 5. The Labute approximate surface area is 200 Å². The normalized spacial score (nSPS) is 19.5. The predicted molar refractivity (Wildman–Crippen MR) is 119 cm³/mol. The molecule has 4 rings (SSSR count). The van der Waals surface area contributed by atoms with E-state index in [1.165, 1.54) is 17.0 Å². The number of nitrogens with two attached hydrogens (primary N) is 1. The molecule has 188 valence electrons. The molecule has 2 N–H and O–H groups in total. The van der Waals surface area contributed by atoms with Crippen LogP contribution in [0.5, 0.6) is 0 Å². The minimum absolute atomic E-state index is 0.0163. The summed E-state index contributed by atoms with van der Waals surface area (Å²) in [6, 6.07) is 4.28. The van der Waals surface area contributed by atoms with Gasteiger partial charge in [0.2, 0.25) is 11.8 Å². The summed E-state index contributed by atoms with van der Waals surface area (Å²) in [5, 5.41) is 0. The molecule has 2 amide bonds. The van der Waals surface area contributed by atoms with Crippen molar-refractivity contribution >= 4 is 11.8 Å². The van der Waals surface area contributed by atoms with Gasteiger partial charge in [-0.3, -0.25) is 9.59 Å². The quantitative estimate of drug-likeness (QED) is 0.646. The van der Waals surface area contributed by atoms with Crippen LogP contribution in [0.2, 0.25) is 0 Å². The number of carbonyl (C=O) groups is 2. The van der Waals surface area contributed by atoms with E-state index >= 15 is 0 Å². The molecule has 11 heteroatoms. The number of benzene rings is 1. The maximum atomic E-state index is 13.8. The Kier molecular flexibility index (Phi) is 7.07. The molecule has 0 unspecified atom stereocenters. The van der Waals surface area contributed by atoms with E-state index in [4.69, 9.17) is 5.73 Å². The average molecular weight is 494 g/mol. The molecule has 0 radical (unpaired) electrons. The number of fused-ring (bicyclic) bond motifs is 1. The van der Waals surface area contributed by atoms with Crippen LogP contribution in [0, 0.1) is 11.7 Å². The first-order chi connectivity index (χ1) is 16.5. The van der Waals surface area contributed by atoms with Gasteiger partial charge in [0.25, 0.3) is 0 Å². The molecular weight excluding hydrogens is 466 g/mol. The van der Waals surface area contributed by atoms with Crippen molar-refractivity contribution in [3.8, 4) is 11.4 Å². The number of piperidine rings is 1. The Balaban J connectivity index is 1.51. The van der Waals surface area contributed by atoms with Crippen LogP contribution in [0.4, 0.5) is 17.6 Å². The monoisotopic (exact) mass is 493 g/mol. The molecule has 1 fully saturated rings. The van der Waals surface area contributed by atoms with Crippen LogP contribution >= 0.6 is 0 Å². The van der Waals surface area contributed by atoms with E-state index in [2.05, 4.69) is 16.9 Å². The van der Waals surface area contributed by atoms with Crippen LogP contribution in [0.15, 0.2) is 24.3 Å². The van der Waals surface area contributed by atoms with Crippen LogP contribution < -0.4 is 5.73 Å². The lowest BCUT2D eigenvalue weighted by Crippen LogP contribution is -2.48. The van der Waals surface area contributed by atoms with E-state index in [1.807, 2.05) is 0 Å². The van der Waals surface area contributed by atoms with Gasteiger partial charge < -0.3 is 15.5 Å². The lowest BCUT2D eigenvalue weighted by molar-refractivity contribution is -0.142. The van der Waals surface area contributed by atoms with E-state index < -0.39 is 23.7 Å². The molecule has 1 aromatic carbocycles. The summed E-state index contributed by atoms with van der Waals surface area (Å²) >= 11 is 0. The standard InChI is InChI=1S/C24H27F4N5O2/c1-14-2-7-20(34)33(11-14)12-17(29)10-21(35)32-9-8-18-19(13-32)30-23(31-22(18)24(26,27)28)15-3-5-16(25)6-4-15/h3-6,14,17H,2,7-13,29H2,1H3/t14-,17+/m1/s1. The van der Waals surface area contributed by atoms with Crippen LogP contribution in [0.25, 0.3) is 11.4 Å². The number of aromatic nitrogens is 2. The molecule has 2 aliphatic rings. The highest BCUT2D eigenvalue weighted by molar-refractivity contribution is 5.78. The number of amides is 2. The van der Waals surface area contributed by atoms with Crippen molar-refractivity contribution in [2.24, 2.45) is 11.7 Å². The third kappa shape index (κ3) is 5.77. The van der Waals surface area contributed by atoms with Crippen LogP contribution in [-0.2, 0) is 28.7 Å². The Morgan fingerprint density at radius 1 is 1.20 bits per heavy atom. The van der Waals surface area contributed by atoms with Gasteiger partial charge in [-0.15, -0.1) is 0 Å². The van der Waals surface area contributed by atoms with Crippen LogP contribution in [0.3, 0.4) is 0 Å². The number of hydrogen-bond acceptors (Lipinski definition) is 5. The smallest absolute Gasteiger partial charge is 0.341 e. The van der Waals surface area contributed by atoms with Gasteiger partial charge in [0, 0.05) is 49.6 Å². The van der Waals surface area contributed by atoms with E-state index in [0.29, 0.717) is 18.9 Å². The van der Waals surface area contributed by atoms with E-state index in [1.54, 1.807) is 4.90 Å². The zero-order valence-electron chi connectivity index (χ0n) is 19.3. The number of alkyl halides is 3. The fourth-order valence-corrected chi connectivity index (χ4v) is 4.58. The largest absolute Gasteiger partial charge is 0.433 e. The summed E-state index contributed by atoms with van der Waals surface area (Å²) in [5.41, 5.74) is 5.44. The molecule has 0 spiro atoms. The zero-order valence-corrected chi connectivity index (χ0v) is 19.3. The summed E-state index contributed by atoms with van der Waals surface area (Å²) in [4.78, 5) is 36.2. The maximum absolute atomic E-state index is 13.8. The SMILES string of the molecule is C[C@@H]1CCC(=O)N(C[C@@H](N)CC(=O)N2CCc3c(nc(-c4ccc(F)cc4)nc3C(F)(F)F)C2)C1. The van der Waals surface area contributed by atoms with Crippen molar-refractivity contribution < 1.29 is 27.2 Å². The van der Waals surface area contributed by atoms with Gasteiger partial charge in [-0.1, -0.05) is 6.92 Å². The first-order valence-electron chi connectivity index (χ1n) is 11.5. The third-order valence-corrected chi connectivity index (χ3v) is 6.42. The second-order valence-corrected chi connectivity index (χ2v) is 9.30. The lowest BCUT2D eigenvalue weighted by Gasteiger charge is -2.34. The molecule has 1 saturated heterocycles. The minimum Gasteiger partial charge on any atom is -0.341 e. The van der Waals surface area contributed by atoms with E-state index in [-0.39, 0.29) is 66.9 Å². The fraction of sp³-hybridized carbons (Fsp3) is 0.500. The Bertz CT molecular complexity index is 1110. The van der Waals surface area contributed by atoms with Gasteiger partial charge in [-0.05, 0) is 43.0 Å². The molecule has 0 aliphatic carbocycles. The summed E-state index contributed by atoms with van der Waals surface area (Å²) < 4.78 is 54.6. The summed E-state index contributed by atoms with van der Waals surface area (Å²) in [6.45, 7) is 2.88. The molecule has 1 aromatic heterocycles. The topological polar surface area (TPSA) is 92.4 Å². The van der Waals surface area contributed by atoms with Crippen molar-refractivity contribution in [1.29, 1.82) is 0 Å². The zero-order chi connectivity index (χ0) is 25.3. The number of likely N-dealkylation sites (tertiary alicyclic amines) is 1. The second kappa shape index (κ2) is 9.88. The lowest BCUT2D eigenvalue weighted by atomic mass is 9.98. The van der Waals surface area contributed by atoms with E-state index in [9.17, 15) is 27.2 Å². The molecule has 3 heterocycles. The second-order valence-electron chi connectivity index (χ2n) is 9.30. The molecule has 0 bridgehead atoms. The van der Waals surface area contributed by atoms with Gasteiger partial charge in [0.15, 0.2) is 11.5 Å². The Morgan fingerprint density at radius 3 is 2.60 bits per heavy atom. The third-order valence-electron chi connectivity index (χ3n) is 6.42.